The number of rotatable bonds is 13. The largest absolute Gasteiger partial charge is 0.492 e. The summed E-state index contributed by atoms with van der Waals surface area (Å²) in [5, 5.41) is 23.5. The van der Waals surface area contributed by atoms with Gasteiger partial charge < -0.3 is 25.2 Å². The Balaban J connectivity index is 1.34. The van der Waals surface area contributed by atoms with Crippen molar-refractivity contribution in [1.82, 2.24) is 14.5 Å². The summed E-state index contributed by atoms with van der Waals surface area (Å²) in [5.74, 6) is -2.97. The summed E-state index contributed by atoms with van der Waals surface area (Å²) in [4.78, 5) is 25.5. The predicted octanol–water partition coefficient (Wildman–Crippen LogP) is 4.20. The molecular formula is C32H40ClN3O7S. The molecule has 0 radical (unpaired) electrons. The second-order valence-electron chi connectivity index (χ2n) is 11.8. The molecule has 3 aliphatic rings. The molecule has 0 amide bonds. The smallest absolute Gasteiger partial charge is 0.353 e. The molecule has 2 fully saturated rings. The maximum Gasteiger partial charge on any atom is 0.353 e. The second kappa shape index (κ2) is 13.9. The highest BCUT2D eigenvalue weighted by Crippen LogP contribution is 2.53. The van der Waals surface area contributed by atoms with Crippen LogP contribution >= 0.6 is 11.6 Å². The van der Waals surface area contributed by atoms with Gasteiger partial charge in [-0.05, 0) is 92.7 Å². The van der Waals surface area contributed by atoms with E-state index < -0.39 is 27.7 Å². The highest BCUT2D eigenvalue weighted by molar-refractivity contribution is 7.89. The highest BCUT2D eigenvalue weighted by Gasteiger charge is 2.47. The molecular weight excluding hydrogens is 606 g/mol. The van der Waals surface area contributed by atoms with E-state index in [0.29, 0.717) is 21.2 Å². The van der Waals surface area contributed by atoms with Crippen LogP contribution in [-0.4, -0.2) is 84.9 Å². The summed E-state index contributed by atoms with van der Waals surface area (Å²) in [6, 6.07) is 14.0. The number of fused-ring (bicyclic) bond motifs is 1. The summed E-state index contributed by atoms with van der Waals surface area (Å²) in [6.45, 7) is 2.15. The third-order valence-corrected chi connectivity index (χ3v) is 11.2. The van der Waals surface area contributed by atoms with Crippen molar-refractivity contribution in [2.75, 3.05) is 45.1 Å². The number of hydrogen-bond donors (Lipinski definition) is 3. The molecule has 238 valence electrons. The number of ether oxygens (including phenoxy) is 1. The molecule has 1 saturated carbocycles. The Hall–Kier alpha value is -3.12. The minimum absolute atomic E-state index is 0.0634. The fourth-order valence-electron chi connectivity index (χ4n) is 6.75. The van der Waals surface area contributed by atoms with E-state index in [2.05, 4.69) is 17.4 Å². The lowest BCUT2D eigenvalue weighted by Crippen LogP contribution is -2.49. The number of nitrogens with one attached hydrogen (secondary N) is 1. The first-order valence-corrected chi connectivity index (χ1v) is 17.2. The quantitative estimate of drug-likeness (QED) is 0.274. The van der Waals surface area contributed by atoms with Gasteiger partial charge in [0.25, 0.3) is 0 Å². The van der Waals surface area contributed by atoms with E-state index in [1.165, 1.54) is 11.1 Å². The zero-order valence-electron chi connectivity index (χ0n) is 24.7. The average Bonchev–Trinajstić information content (AvgIpc) is 2.98. The van der Waals surface area contributed by atoms with Gasteiger partial charge in [-0.3, -0.25) is 4.31 Å². The lowest BCUT2D eigenvalue weighted by Gasteiger charge is -2.50. The molecule has 1 unspecified atom stereocenters. The molecule has 44 heavy (non-hydrogen) atoms. The lowest BCUT2D eigenvalue weighted by atomic mass is 9.58. The van der Waals surface area contributed by atoms with E-state index in [4.69, 9.17) is 16.3 Å². The number of likely N-dealkylation sites (tertiary alicyclic amines) is 1. The number of aliphatic carboxylic acids is 2. The average molecular weight is 646 g/mol. The summed E-state index contributed by atoms with van der Waals surface area (Å²) in [6.07, 6.45) is 7.55. The Kier molecular flexibility index (Phi) is 10.2. The van der Waals surface area contributed by atoms with Gasteiger partial charge in [0.2, 0.25) is 10.0 Å². The van der Waals surface area contributed by atoms with Crippen LogP contribution < -0.4 is 10.1 Å². The van der Waals surface area contributed by atoms with E-state index >= 15 is 0 Å². The molecule has 2 aromatic carbocycles. The van der Waals surface area contributed by atoms with Crippen LogP contribution in [0.1, 0.15) is 61.3 Å². The van der Waals surface area contributed by atoms with Gasteiger partial charge >= 0.3 is 11.9 Å². The van der Waals surface area contributed by atoms with Crippen LogP contribution in [0, 0.1) is 0 Å². The van der Waals surface area contributed by atoms with Crippen LogP contribution in [0.3, 0.4) is 0 Å². The van der Waals surface area contributed by atoms with Crippen molar-refractivity contribution in [3.8, 4) is 5.75 Å². The summed E-state index contributed by atoms with van der Waals surface area (Å²) in [5.41, 5.74) is 2.70. The third kappa shape index (κ3) is 7.22. The molecule has 2 aliphatic heterocycles. The van der Waals surface area contributed by atoms with Crippen LogP contribution in [0.4, 0.5) is 0 Å². The Morgan fingerprint density at radius 2 is 1.80 bits per heavy atom. The maximum atomic E-state index is 13.4. The molecule has 2 heterocycles. The number of hydrogen-bond acceptors (Lipinski definition) is 7. The highest BCUT2D eigenvalue weighted by atomic mass is 35.5. The minimum Gasteiger partial charge on any atom is -0.492 e. The number of carboxylic acids is 2. The topological polar surface area (TPSA) is 136 Å². The summed E-state index contributed by atoms with van der Waals surface area (Å²) >= 11 is 6.18. The molecule has 1 atom stereocenters. The first kappa shape index (κ1) is 32.3. The number of nitrogens with zero attached hydrogens (tertiary/aromatic N) is 2. The molecule has 10 nitrogen and oxygen atoms in total. The third-order valence-electron chi connectivity index (χ3n) is 9.15. The summed E-state index contributed by atoms with van der Waals surface area (Å²) in [7, 11) is -4.16. The van der Waals surface area contributed by atoms with Gasteiger partial charge in [0.1, 0.15) is 18.1 Å². The number of benzene rings is 2. The standard InChI is InChI=1S/C32H40ClN3O7S/c33-25-8-6-24(7-9-25)32(12-4-13-32)30-27-21-26(10-5-23(27)11-14-34-30)43-19-17-36(28(31(39)40)22-29(37)38)44(41,42)20-18-35-15-2-1-3-16-35/h5-10,21-22,30,34H,1-4,11-20H2,(H,37,38)(H,39,40)/b28-22-. The number of halogens is 1. The van der Waals surface area contributed by atoms with Gasteiger partial charge in [-0.15, -0.1) is 0 Å². The van der Waals surface area contributed by atoms with Crippen molar-refractivity contribution in [2.24, 2.45) is 0 Å². The van der Waals surface area contributed by atoms with Gasteiger partial charge in [-0.2, -0.15) is 0 Å². The second-order valence-corrected chi connectivity index (χ2v) is 14.3. The van der Waals surface area contributed by atoms with E-state index in [-0.39, 0.29) is 36.9 Å². The maximum absolute atomic E-state index is 13.4. The number of carbonyl (C=O) groups is 2. The molecule has 5 rings (SSSR count). The molecule has 0 spiro atoms. The Bertz CT molecular complexity index is 1490. The normalized spacial score (nSPS) is 20.3. The zero-order valence-corrected chi connectivity index (χ0v) is 26.3. The van der Waals surface area contributed by atoms with E-state index in [9.17, 15) is 28.2 Å². The fourth-order valence-corrected chi connectivity index (χ4v) is 8.37. The molecule has 0 bridgehead atoms. The zero-order chi connectivity index (χ0) is 31.3. The number of sulfonamides is 1. The Morgan fingerprint density at radius 3 is 2.43 bits per heavy atom. The van der Waals surface area contributed by atoms with Crippen molar-refractivity contribution < 1.29 is 33.0 Å². The summed E-state index contributed by atoms with van der Waals surface area (Å²) < 4.78 is 33.5. The van der Waals surface area contributed by atoms with Crippen molar-refractivity contribution in [1.29, 1.82) is 0 Å². The van der Waals surface area contributed by atoms with Gasteiger partial charge in [0, 0.05) is 23.0 Å². The SMILES string of the molecule is O=C(O)/C=C(/C(=O)O)N(CCOc1ccc2c(c1)C(C1(c3ccc(Cl)cc3)CCC1)NCC2)S(=O)(=O)CCN1CCCCC1. The fraction of sp³-hybridized carbons (Fsp3) is 0.500. The van der Waals surface area contributed by atoms with Crippen LogP contribution in [0.25, 0.3) is 0 Å². The van der Waals surface area contributed by atoms with Crippen molar-refractivity contribution in [2.45, 2.75) is 56.4 Å². The van der Waals surface area contributed by atoms with Crippen molar-refractivity contribution >= 4 is 33.6 Å². The Morgan fingerprint density at radius 1 is 1.07 bits per heavy atom. The predicted molar refractivity (Wildman–Crippen MR) is 168 cm³/mol. The van der Waals surface area contributed by atoms with Gasteiger partial charge in [0.15, 0.2) is 0 Å². The molecule has 12 heteroatoms. The van der Waals surface area contributed by atoms with Gasteiger partial charge in [0.05, 0.1) is 18.4 Å². The van der Waals surface area contributed by atoms with Crippen LogP contribution in [-0.2, 0) is 31.4 Å². The number of carboxylic acid groups (broad SMARTS) is 2. The molecule has 1 saturated heterocycles. The first-order valence-electron chi connectivity index (χ1n) is 15.2. The molecule has 2 aromatic rings. The van der Waals surface area contributed by atoms with Crippen LogP contribution in [0.2, 0.25) is 5.02 Å². The lowest BCUT2D eigenvalue weighted by molar-refractivity contribution is -0.136. The first-order chi connectivity index (χ1) is 21.1. The minimum atomic E-state index is -4.16. The molecule has 1 aliphatic carbocycles. The van der Waals surface area contributed by atoms with Crippen molar-refractivity contribution in [3.63, 3.8) is 0 Å². The van der Waals surface area contributed by atoms with Crippen molar-refractivity contribution in [3.05, 3.63) is 76.0 Å². The van der Waals surface area contributed by atoms with Gasteiger partial charge in [-0.1, -0.05) is 42.6 Å². The van der Waals surface area contributed by atoms with Crippen LogP contribution in [0.5, 0.6) is 5.75 Å². The molecule has 0 aromatic heterocycles. The Labute approximate surface area is 263 Å². The van der Waals surface area contributed by atoms with Crippen LogP contribution in [0.15, 0.2) is 54.2 Å². The molecule has 3 N–H and O–H groups in total. The number of piperidine rings is 1. The van der Waals surface area contributed by atoms with E-state index in [1.807, 2.05) is 35.2 Å². The monoisotopic (exact) mass is 645 g/mol. The van der Waals surface area contributed by atoms with E-state index in [1.54, 1.807) is 0 Å². The van der Waals surface area contributed by atoms with Gasteiger partial charge in [-0.25, -0.2) is 18.0 Å². The van der Waals surface area contributed by atoms with E-state index in [0.717, 1.165) is 70.1 Å².